The van der Waals surface area contributed by atoms with Crippen LogP contribution in [0.5, 0.6) is 5.75 Å². The molecule has 2 aromatic carbocycles. The molecule has 1 unspecified atom stereocenters. The van der Waals surface area contributed by atoms with E-state index in [1.165, 1.54) is 12.1 Å². The molecule has 18 heavy (non-hydrogen) atoms. The number of hydrogen-bond acceptors (Lipinski definition) is 2. The van der Waals surface area contributed by atoms with Gasteiger partial charge in [0.15, 0.2) is 0 Å². The molecule has 0 fully saturated rings. The van der Waals surface area contributed by atoms with Crippen LogP contribution in [0.4, 0.5) is 4.39 Å². The van der Waals surface area contributed by atoms with Gasteiger partial charge in [-0.2, -0.15) is 0 Å². The number of halogens is 2. The molecular weight excluding hydrogens is 253 g/mol. The summed E-state index contributed by atoms with van der Waals surface area (Å²) in [4.78, 5) is 0. The Hall–Kier alpha value is -1.58. The van der Waals surface area contributed by atoms with Crippen LogP contribution in [0, 0.1) is 5.82 Å². The van der Waals surface area contributed by atoms with Gasteiger partial charge in [0.2, 0.25) is 0 Å². The average molecular weight is 266 g/mol. The fourth-order valence-corrected chi connectivity index (χ4v) is 1.73. The first-order valence-electron chi connectivity index (χ1n) is 5.54. The molecule has 4 heteroatoms. The predicted molar refractivity (Wildman–Crippen MR) is 70.3 cm³/mol. The molecule has 2 N–H and O–H groups in total. The Morgan fingerprint density at radius 2 is 1.89 bits per heavy atom. The van der Waals surface area contributed by atoms with Crippen molar-refractivity contribution in [2.24, 2.45) is 5.73 Å². The van der Waals surface area contributed by atoms with Gasteiger partial charge in [0.1, 0.15) is 18.2 Å². The lowest BCUT2D eigenvalue weighted by Crippen LogP contribution is -2.18. The summed E-state index contributed by atoms with van der Waals surface area (Å²) in [6.07, 6.45) is 0. The Bertz CT molecular complexity index is 515. The minimum absolute atomic E-state index is 0.276. The second-order valence-electron chi connectivity index (χ2n) is 3.93. The van der Waals surface area contributed by atoms with Crippen molar-refractivity contribution in [1.29, 1.82) is 0 Å². The molecule has 0 saturated carbocycles. The fourth-order valence-electron chi connectivity index (χ4n) is 1.55. The maximum absolute atomic E-state index is 12.8. The van der Waals surface area contributed by atoms with E-state index in [1.807, 2.05) is 6.07 Å². The second kappa shape index (κ2) is 5.85. The zero-order valence-electron chi connectivity index (χ0n) is 9.64. The Balaban J connectivity index is 1.96. The van der Waals surface area contributed by atoms with Crippen molar-refractivity contribution in [2.45, 2.75) is 6.04 Å². The summed E-state index contributed by atoms with van der Waals surface area (Å²) >= 11 is 5.84. The van der Waals surface area contributed by atoms with Gasteiger partial charge in [0, 0.05) is 5.02 Å². The molecule has 0 saturated heterocycles. The van der Waals surface area contributed by atoms with E-state index in [1.54, 1.807) is 30.3 Å². The average Bonchev–Trinajstić information content (AvgIpc) is 2.37. The zero-order chi connectivity index (χ0) is 13.0. The summed E-state index contributed by atoms with van der Waals surface area (Å²) in [5, 5.41) is 0.614. The van der Waals surface area contributed by atoms with Crippen molar-refractivity contribution in [1.82, 2.24) is 0 Å². The van der Waals surface area contributed by atoms with Gasteiger partial charge in [0.05, 0.1) is 6.04 Å². The van der Waals surface area contributed by atoms with Gasteiger partial charge in [-0.15, -0.1) is 0 Å². The maximum atomic E-state index is 12.8. The predicted octanol–water partition coefficient (Wildman–Crippen LogP) is 3.56. The summed E-state index contributed by atoms with van der Waals surface area (Å²) in [5.41, 5.74) is 6.78. The van der Waals surface area contributed by atoms with Gasteiger partial charge >= 0.3 is 0 Å². The minimum Gasteiger partial charge on any atom is -0.492 e. The number of benzene rings is 2. The van der Waals surface area contributed by atoms with Crippen molar-refractivity contribution < 1.29 is 9.13 Å². The highest BCUT2D eigenvalue weighted by atomic mass is 35.5. The standard InChI is InChI=1S/C14H13ClFNO/c15-11-2-1-3-13(8-11)18-9-14(17)10-4-6-12(16)7-5-10/h1-8,14H,9,17H2. The second-order valence-corrected chi connectivity index (χ2v) is 4.36. The van der Waals surface area contributed by atoms with Gasteiger partial charge in [-0.05, 0) is 35.9 Å². The molecular formula is C14H13ClFNO. The highest BCUT2D eigenvalue weighted by molar-refractivity contribution is 6.30. The number of hydrogen-bond donors (Lipinski definition) is 1. The molecule has 2 aromatic rings. The van der Waals surface area contributed by atoms with Gasteiger partial charge in [0.25, 0.3) is 0 Å². The van der Waals surface area contributed by atoms with Crippen LogP contribution < -0.4 is 10.5 Å². The quantitative estimate of drug-likeness (QED) is 0.917. The van der Waals surface area contributed by atoms with Crippen LogP contribution in [0.3, 0.4) is 0 Å². The van der Waals surface area contributed by atoms with Gasteiger partial charge < -0.3 is 10.5 Å². The van der Waals surface area contributed by atoms with Crippen LogP contribution in [0.2, 0.25) is 5.02 Å². The first kappa shape index (κ1) is 12.9. The Kier molecular flexibility index (Phi) is 4.18. The van der Waals surface area contributed by atoms with Gasteiger partial charge in [-0.1, -0.05) is 29.8 Å². The highest BCUT2D eigenvalue weighted by Gasteiger charge is 2.07. The zero-order valence-corrected chi connectivity index (χ0v) is 10.4. The first-order chi connectivity index (χ1) is 8.65. The van der Waals surface area contributed by atoms with E-state index in [0.717, 1.165) is 5.56 Å². The van der Waals surface area contributed by atoms with E-state index in [2.05, 4.69) is 0 Å². The highest BCUT2D eigenvalue weighted by Crippen LogP contribution is 2.19. The normalized spacial score (nSPS) is 12.2. The van der Waals surface area contributed by atoms with Crippen LogP contribution in [0.1, 0.15) is 11.6 Å². The number of nitrogens with two attached hydrogens (primary N) is 1. The van der Waals surface area contributed by atoms with E-state index in [0.29, 0.717) is 17.4 Å². The summed E-state index contributed by atoms with van der Waals surface area (Å²) < 4.78 is 18.3. The van der Waals surface area contributed by atoms with Crippen molar-refractivity contribution in [2.75, 3.05) is 6.61 Å². The molecule has 0 aliphatic rings. The van der Waals surface area contributed by atoms with Crippen LogP contribution in [-0.2, 0) is 0 Å². The van der Waals surface area contributed by atoms with Crippen LogP contribution in [0.15, 0.2) is 48.5 Å². The summed E-state index contributed by atoms with van der Waals surface area (Å²) in [6, 6.07) is 12.9. The fraction of sp³-hybridized carbons (Fsp3) is 0.143. The summed E-state index contributed by atoms with van der Waals surface area (Å²) in [6.45, 7) is 0.311. The third-order valence-corrected chi connectivity index (χ3v) is 2.76. The lowest BCUT2D eigenvalue weighted by atomic mass is 10.1. The van der Waals surface area contributed by atoms with Crippen molar-refractivity contribution >= 4 is 11.6 Å². The lowest BCUT2D eigenvalue weighted by molar-refractivity contribution is 0.290. The molecule has 2 rings (SSSR count). The Morgan fingerprint density at radius 3 is 2.56 bits per heavy atom. The van der Waals surface area contributed by atoms with E-state index >= 15 is 0 Å². The number of rotatable bonds is 4. The molecule has 0 spiro atoms. The van der Waals surface area contributed by atoms with E-state index in [9.17, 15) is 4.39 Å². The molecule has 0 bridgehead atoms. The molecule has 0 amide bonds. The smallest absolute Gasteiger partial charge is 0.123 e. The van der Waals surface area contributed by atoms with Crippen LogP contribution in [0.25, 0.3) is 0 Å². The number of ether oxygens (including phenoxy) is 1. The van der Waals surface area contributed by atoms with E-state index < -0.39 is 0 Å². The van der Waals surface area contributed by atoms with Gasteiger partial charge in [-0.25, -0.2) is 4.39 Å². The largest absolute Gasteiger partial charge is 0.492 e. The molecule has 0 aromatic heterocycles. The minimum atomic E-state index is -0.301. The molecule has 0 heterocycles. The topological polar surface area (TPSA) is 35.2 Å². The lowest BCUT2D eigenvalue weighted by Gasteiger charge is -2.13. The molecule has 1 atom stereocenters. The molecule has 94 valence electrons. The summed E-state index contributed by atoms with van der Waals surface area (Å²) in [7, 11) is 0. The van der Waals surface area contributed by atoms with Crippen LogP contribution in [-0.4, -0.2) is 6.61 Å². The van der Waals surface area contributed by atoms with Crippen LogP contribution >= 0.6 is 11.6 Å². The molecule has 0 radical (unpaired) electrons. The van der Waals surface area contributed by atoms with Crippen molar-refractivity contribution in [3.63, 3.8) is 0 Å². The van der Waals surface area contributed by atoms with Crippen molar-refractivity contribution in [3.8, 4) is 5.75 Å². The molecule has 0 aliphatic carbocycles. The van der Waals surface area contributed by atoms with E-state index in [4.69, 9.17) is 22.1 Å². The van der Waals surface area contributed by atoms with Crippen molar-refractivity contribution in [3.05, 3.63) is 64.9 Å². The summed E-state index contributed by atoms with van der Waals surface area (Å²) in [5.74, 6) is 0.391. The van der Waals surface area contributed by atoms with Gasteiger partial charge in [-0.3, -0.25) is 0 Å². The molecule has 0 aliphatic heterocycles. The molecule has 2 nitrogen and oxygen atoms in total. The third kappa shape index (κ3) is 3.45. The van der Waals surface area contributed by atoms with E-state index in [-0.39, 0.29) is 11.9 Å². The first-order valence-corrected chi connectivity index (χ1v) is 5.92. The third-order valence-electron chi connectivity index (χ3n) is 2.52. The Labute approximate surface area is 110 Å². The monoisotopic (exact) mass is 265 g/mol. The Morgan fingerprint density at radius 1 is 1.17 bits per heavy atom. The maximum Gasteiger partial charge on any atom is 0.123 e. The SMILES string of the molecule is NC(COc1cccc(Cl)c1)c1ccc(F)cc1.